The summed E-state index contributed by atoms with van der Waals surface area (Å²) in [5, 5.41) is 5.52. The normalized spacial score (nSPS) is 16.4. The molecule has 1 aromatic heterocycles. The Labute approximate surface area is 198 Å². The molecule has 0 saturated carbocycles. The van der Waals surface area contributed by atoms with E-state index in [0.717, 1.165) is 60.0 Å². The van der Waals surface area contributed by atoms with Crippen molar-refractivity contribution >= 4 is 53.0 Å². The van der Waals surface area contributed by atoms with E-state index in [9.17, 15) is 0 Å². The van der Waals surface area contributed by atoms with Crippen LogP contribution in [0.5, 0.6) is 11.5 Å². The largest absolute Gasteiger partial charge is 0.497 e. The number of hydrogen-bond acceptors (Lipinski definition) is 6. The molecule has 0 amide bonds. The highest BCUT2D eigenvalue weighted by molar-refractivity contribution is 14.0. The Morgan fingerprint density at radius 3 is 2.69 bits per heavy atom. The summed E-state index contributed by atoms with van der Waals surface area (Å²) in [5.74, 6) is 4.17. The van der Waals surface area contributed by atoms with E-state index in [1.165, 1.54) is 5.56 Å². The fourth-order valence-corrected chi connectivity index (χ4v) is 4.98. The minimum Gasteiger partial charge on any atom is -0.497 e. The van der Waals surface area contributed by atoms with Gasteiger partial charge in [0.05, 0.1) is 14.2 Å². The predicted molar refractivity (Wildman–Crippen MR) is 133 cm³/mol. The van der Waals surface area contributed by atoms with Crippen molar-refractivity contribution in [1.82, 2.24) is 15.2 Å². The molecule has 1 saturated heterocycles. The molecule has 9 heteroatoms. The topological polar surface area (TPSA) is 59.0 Å². The van der Waals surface area contributed by atoms with Crippen molar-refractivity contribution in [2.24, 2.45) is 4.99 Å². The second-order valence-corrected chi connectivity index (χ2v) is 8.79. The number of nitrogens with one attached hydrogen (secondary N) is 1. The molecule has 1 atom stereocenters. The quantitative estimate of drug-likeness (QED) is 0.174. The van der Waals surface area contributed by atoms with Crippen molar-refractivity contribution in [2.45, 2.75) is 23.1 Å². The predicted octanol–water partition coefficient (Wildman–Crippen LogP) is 4.33. The summed E-state index contributed by atoms with van der Waals surface area (Å²) in [6.45, 7) is 2.86. The molecule has 29 heavy (non-hydrogen) atoms. The lowest BCUT2D eigenvalue weighted by Crippen LogP contribution is -2.40. The molecular weight excluding hydrogens is 519 g/mol. The maximum Gasteiger partial charge on any atom is 0.193 e. The number of ether oxygens (including phenoxy) is 2. The summed E-state index contributed by atoms with van der Waals surface area (Å²) < 4.78 is 12.0. The summed E-state index contributed by atoms with van der Waals surface area (Å²) >= 11 is 3.51. The van der Waals surface area contributed by atoms with E-state index in [1.807, 2.05) is 36.5 Å². The van der Waals surface area contributed by atoms with Crippen LogP contribution in [0.4, 0.5) is 0 Å². The third-order valence-corrected chi connectivity index (χ3v) is 6.84. The summed E-state index contributed by atoms with van der Waals surface area (Å²) in [6.07, 6.45) is 4.03. The van der Waals surface area contributed by atoms with E-state index in [2.05, 4.69) is 32.3 Å². The van der Waals surface area contributed by atoms with Crippen molar-refractivity contribution < 1.29 is 9.47 Å². The number of methoxy groups -OCH3 is 2. The van der Waals surface area contributed by atoms with Gasteiger partial charge >= 0.3 is 0 Å². The minimum absolute atomic E-state index is 0. The highest BCUT2D eigenvalue weighted by atomic mass is 127. The van der Waals surface area contributed by atoms with Crippen molar-refractivity contribution in [3.05, 3.63) is 35.3 Å². The van der Waals surface area contributed by atoms with Crippen LogP contribution >= 0.6 is 47.1 Å². The zero-order chi connectivity index (χ0) is 19.8. The fraction of sp³-hybridized carbons (Fsp3) is 0.500. The molecule has 2 heterocycles. The van der Waals surface area contributed by atoms with Gasteiger partial charge in [0.1, 0.15) is 15.8 Å². The van der Waals surface area contributed by atoms with Gasteiger partial charge < -0.3 is 19.7 Å². The average molecular weight is 549 g/mol. The number of aliphatic imine (C=N–C) groups is 1. The Bertz CT molecular complexity index is 752. The van der Waals surface area contributed by atoms with E-state index in [-0.39, 0.29) is 24.0 Å². The van der Waals surface area contributed by atoms with Gasteiger partial charge in [0.25, 0.3) is 0 Å². The lowest BCUT2D eigenvalue weighted by atomic mass is 9.98. The van der Waals surface area contributed by atoms with Crippen LogP contribution in [0.25, 0.3) is 0 Å². The van der Waals surface area contributed by atoms with Crippen LogP contribution in [0, 0.1) is 0 Å². The number of likely N-dealkylation sites (tertiary alicyclic amines) is 1. The minimum atomic E-state index is 0. The molecule has 0 aliphatic carbocycles. The van der Waals surface area contributed by atoms with Crippen molar-refractivity contribution in [2.75, 3.05) is 46.7 Å². The van der Waals surface area contributed by atoms with Gasteiger partial charge in [-0.1, -0.05) is 11.8 Å². The number of hydrogen-bond donors (Lipinski definition) is 1. The fourth-order valence-electron chi connectivity index (χ4n) is 3.34. The van der Waals surface area contributed by atoms with Crippen LogP contribution in [-0.4, -0.2) is 62.5 Å². The lowest BCUT2D eigenvalue weighted by Gasteiger charge is -2.22. The molecule has 1 aromatic carbocycles. The maximum absolute atomic E-state index is 5.42. The monoisotopic (exact) mass is 548 g/mol. The number of thiazole rings is 1. The van der Waals surface area contributed by atoms with Crippen molar-refractivity contribution in [1.29, 1.82) is 0 Å². The lowest BCUT2D eigenvalue weighted by molar-refractivity contribution is 0.392. The van der Waals surface area contributed by atoms with Crippen LogP contribution in [0.15, 0.2) is 39.1 Å². The van der Waals surface area contributed by atoms with Crippen molar-refractivity contribution in [3.8, 4) is 11.5 Å². The molecule has 1 aliphatic rings. The molecule has 2 aromatic rings. The van der Waals surface area contributed by atoms with E-state index in [0.29, 0.717) is 5.92 Å². The van der Waals surface area contributed by atoms with Crippen LogP contribution in [0.1, 0.15) is 24.3 Å². The highest BCUT2D eigenvalue weighted by Crippen LogP contribution is 2.32. The second kappa shape index (κ2) is 12.5. The van der Waals surface area contributed by atoms with E-state index in [1.54, 1.807) is 25.6 Å². The van der Waals surface area contributed by atoms with Crippen LogP contribution in [-0.2, 0) is 0 Å². The van der Waals surface area contributed by atoms with Gasteiger partial charge in [-0.05, 0) is 30.5 Å². The first-order valence-electron chi connectivity index (χ1n) is 9.44. The Kier molecular flexibility index (Phi) is 10.4. The zero-order valence-electron chi connectivity index (χ0n) is 17.1. The molecular formula is C20H29IN4O2S2. The van der Waals surface area contributed by atoms with Crippen LogP contribution in [0.2, 0.25) is 0 Å². The molecule has 0 bridgehead atoms. The number of nitrogens with zero attached hydrogens (tertiary/aromatic N) is 3. The van der Waals surface area contributed by atoms with Crippen LogP contribution in [0.3, 0.4) is 0 Å². The molecule has 1 fully saturated rings. The zero-order valence-corrected chi connectivity index (χ0v) is 21.1. The molecule has 160 valence electrons. The van der Waals surface area contributed by atoms with Crippen molar-refractivity contribution in [3.63, 3.8) is 0 Å². The summed E-state index contributed by atoms with van der Waals surface area (Å²) in [5.41, 5.74) is 1.26. The number of rotatable bonds is 8. The van der Waals surface area contributed by atoms with E-state index < -0.39 is 0 Å². The Morgan fingerprint density at radius 1 is 1.31 bits per heavy atom. The molecule has 1 aliphatic heterocycles. The Balaban J connectivity index is 0.00000300. The van der Waals surface area contributed by atoms with Gasteiger partial charge in [-0.2, -0.15) is 0 Å². The van der Waals surface area contributed by atoms with Gasteiger partial charge in [-0.3, -0.25) is 4.99 Å². The molecule has 0 spiro atoms. The smallest absolute Gasteiger partial charge is 0.193 e. The number of thioether (sulfide) groups is 1. The molecule has 6 nitrogen and oxygen atoms in total. The van der Waals surface area contributed by atoms with E-state index >= 15 is 0 Å². The first-order chi connectivity index (χ1) is 13.7. The van der Waals surface area contributed by atoms with E-state index in [4.69, 9.17) is 9.47 Å². The Morgan fingerprint density at radius 2 is 2.07 bits per heavy atom. The summed E-state index contributed by atoms with van der Waals surface area (Å²) in [4.78, 5) is 11.1. The highest BCUT2D eigenvalue weighted by Gasteiger charge is 2.26. The SMILES string of the molecule is CN=C(NCCCSc1nccs1)N1CCC(c2cc(OC)cc(OC)c2)C1.I. The van der Waals surface area contributed by atoms with Gasteiger partial charge in [0, 0.05) is 56.0 Å². The third kappa shape index (κ3) is 6.92. The molecule has 3 rings (SSSR count). The first kappa shape index (κ1) is 24.1. The number of aromatic nitrogens is 1. The average Bonchev–Trinajstić information content (AvgIpc) is 3.42. The van der Waals surface area contributed by atoms with Gasteiger partial charge in [-0.15, -0.1) is 35.3 Å². The standard InChI is InChI=1S/C20H28N4O2S2.HI/c1-21-19(22-6-4-9-27-20-23-7-10-28-20)24-8-5-15(14-24)16-11-17(25-2)13-18(12-16)26-3;/h7,10-13,15H,4-6,8-9,14H2,1-3H3,(H,21,22);1H. The molecule has 1 N–H and O–H groups in total. The Hall–Kier alpha value is -1.20. The second-order valence-electron chi connectivity index (χ2n) is 6.55. The summed E-state index contributed by atoms with van der Waals surface area (Å²) in [6, 6.07) is 6.14. The molecule has 1 unspecified atom stereocenters. The van der Waals surface area contributed by atoms with Crippen LogP contribution < -0.4 is 14.8 Å². The maximum atomic E-state index is 5.42. The van der Waals surface area contributed by atoms with Gasteiger partial charge in [0.2, 0.25) is 0 Å². The number of benzene rings is 1. The number of guanidine groups is 1. The van der Waals surface area contributed by atoms with Gasteiger partial charge in [0.15, 0.2) is 5.96 Å². The summed E-state index contributed by atoms with van der Waals surface area (Å²) in [7, 11) is 5.24. The third-order valence-electron chi connectivity index (χ3n) is 4.78. The first-order valence-corrected chi connectivity index (χ1v) is 11.3. The molecule has 0 radical (unpaired) electrons. The number of halogens is 1. The van der Waals surface area contributed by atoms with Gasteiger partial charge in [-0.25, -0.2) is 4.98 Å².